The predicted molar refractivity (Wildman–Crippen MR) is 28.9 cm³/mol. The Labute approximate surface area is 80.9 Å². The molecular weight excluding hydrogens is 143 g/mol. The van der Waals surface area contributed by atoms with Crippen molar-refractivity contribution in [3.63, 3.8) is 0 Å². The van der Waals surface area contributed by atoms with E-state index in [4.69, 9.17) is 5.26 Å². The van der Waals surface area contributed by atoms with Gasteiger partial charge in [0, 0.05) is 12.6 Å². The number of nitrogens with one attached hydrogen (secondary N) is 1. The zero-order chi connectivity index (χ0) is 7.11. The van der Waals surface area contributed by atoms with Crippen LogP contribution in [0, 0.1) is 17.2 Å². The van der Waals surface area contributed by atoms with Gasteiger partial charge >= 0.3 is 29.6 Å². The van der Waals surface area contributed by atoms with Crippen molar-refractivity contribution in [2.75, 3.05) is 6.54 Å². The minimum atomic E-state index is -0.838. The van der Waals surface area contributed by atoms with E-state index in [-0.39, 0.29) is 36.1 Å². The molecule has 0 fully saturated rings. The zero-order valence-corrected chi connectivity index (χ0v) is 7.63. The number of nitriles is 1. The predicted octanol–water partition coefficient (Wildman–Crippen LogP) is -4.01. The molecule has 0 aromatic heterocycles. The van der Waals surface area contributed by atoms with Crippen molar-refractivity contribution in [1.82, 2.24) is 5.32 Å². The molecule has 0 saturated carbocycles. The quantitative estimate of drug-likeness (QED) is 0.251. The Morgan fingerprint density at radius 1 is 1.80 bits per heavy atom. The number of carbonyl (C=O) groups excluding carboxylic acids is 2. The third kappa shape index (κ3) is 5.76. The van der Waals surface area contributed by atoms with Crippen LogP contribution in [0.25, 0.3) is 0 Å². The van der Waals surface area contributed by atoms with Crippen molar-refractivity contribution < 1.29 is 39.1 Å². The van der Waals surface area contributed by atoms with E-state index in [1.807, 2.05) is 0 Å². The summed E-state index contributed by atoms with van der Waals surface area (Å²) in [5.74, 6) is -0.838. The van der Waals surface area contributed by atoms with Crippen LogP contribution in [0.4, 0.5) is 0 Å². The van der Waals surface area contributed by atoms with Gasteiger partial charge in [0.2, 0.25) is 6.41 Å². The van der Waals surface area contributed by atoms with Gasteiger partial charge in [0.05, 0.1) is 0 Å². The molecule has 5 heteroatoms. The van der Waals surface area contributed by atoms with Crippen LogP contribution < -0.4 is 34.9 Å². The van der Waals surface area contributed by atoms with Gasteiger partial charge in [-0.25, -0.2) is 11.5 Å². The first-order valence-electron chi connectivity index (χ1n) is 2.29. The van der Waals surface area contributed by atoms with Crippen molar-refractivity contribution in [2.24, 2.45) is 5.92 Å². The first-order chi connectivity index (χ1) is 4.35. The molecule has 0 aliphatic rings. The fourth-order valence-corrected chi connectivity index (χ4v) is 0.280. The molecule has 0 aliphatic carbocycles. The molecule has 1 amide bonds. The number of nitrogens with zero attached hydrogens (tertiary/aromatic N) is 1. The summed E-state index contributed by atoms with van der Waals surface area (Å²) in [7, 11) is 0. The van der Waals surface area contributed by atoms with Crippen molar-refractivity contribution in [3.8, 4) is 6.07 Å². The number of rotatable bonds is 4. The summed E-state index contributed by atoms with van der Waals surface area (Å²) in [6.45, 7) is 0.0451. The summed E-state index contributed by atoms with van der Waals surface area (Å²) in [4.78, 5) is 19.3. The summed E-state index contributed by atoms with van der Waals surface area (Å²) in [5.41, 5.74) is 0. The Hall–Kier alpha value is -0.370. The fourth-order valence-electron chi connectivity index (χ4n) is 0.280. The standard InChI is InChI=1S/C5H5N2O2.Na/c6-1-5(3-8)2-7-4-9;/h4-5H,2H2,(H,7,9);/q-1;+1. The summed E-state index contributed by atoms with van der Waals surface area (Å²) >= 11 is 0. The molecule has 0 aromatic rings. The first-order valence-corrected chi connectivity index (χ1v) is 2.29. The van der Waals surface area contributed by atoms with E-state index in [0.717, 1.165) is 0 Å². The number of amides is 1. The van der Waals surface area contributed by atoms with Gasteiger partial charge in [-0.05, 0) is 5.92 Å². The van der Waals surface area contributed by atoms with Crippen LogP contribution in [0.15, 0.2) is 0 Å². The van der Waals surface area contributed by atoms with Crippen LogP contribution in [0.3, 0.4) is 0 Å². The third-order valence-corrected chi connectivity index (χ3v) is 0.703. The van der Waals surface area contributed by atoms with Crippen molar-refractivity contribution in [2.45, 2.75) is 0 Å². The molecule has 1 N–H and O–H groups in total. The number of carbonyl (C=O) groups is 1. The maximum Gasteiger partial charge on any atom is 1.00 e. The average Bonchev–Trinajstić information content (AvgIpc) is 1.91. The van der Waals surface area contributed by atoms with E-state index in [0.29, 0.717) is 6.41 Å². The van der Waals surface area contributed by atoms with Crippen molar-refractivity contribution >= 4 is 12.7 Å². The molecular formula is C5H5N2NaO2. The molecule has 0 aromatic carbocycles. The molecule has 1 atom stereocenters. The maximum absolute atomic E-state index is 9.74. The second-order valence-corrected chi connectivity index (χ2v) is 1.33. The zero-order valence-electron chi connectivity index (χ0n) is 5.63. The van der Waals surface area contributed by atoms with E-state index in [9.17, 15) is 9.59 Å². The maximum atomic E-state index is 9.74. The van der Waals surface area contributed by atoms with Crippen molar-refractivity contribution in [3.05, 3.63) is 0 Å². The van der Waals surface area contributed by atoms with Crippen LogP contribution >= 0.6 is 0 Å². The molecule has 0 radical (unpaired) electrons. The summed E-state index contributed by atoms with van der Waals surface area (Å²) < 4.78 is 0. The smallest absolute Gasteiger partial charge is 0.540 e. The Morgan fingerprint density at radius 2 is 2.40 bits per heavy atom. The van der Waals surface area contributed by atoms with E-state index in [1.54, 1.807) is 6.07 Å². The molecule has 0 spiro atoms. The molecule has 0 heterocycles. The number of hydrogen-bond acceptors (Lipinski definition) is 3. The Bertz CT molecular complexity index is 143. The van der Waals surface area contributed by atoms with E-state index < -0.39 is 5.92 Å². The van der Waals surface area contributed by atoms with Gasteiger partial charge in [-0.2, -0.15) is 0 Å². The molecule has 0 rings (SSSR count). The van der Waals surface area contributed by atoms with Gasteiger partial charge in [0.15, 0.2) is 0 Å². The van der Waals surface area contributed by atoms with E-state index in [1.165, 1.54) is 6.29 Å². The van der Waals surface area contributed by atoms with Gasteiger partial charge in [0.25, 0.3) is 0 Å². The number of hydrogen-bond donors (Lipinski definition) is 1. The fraction of sp³-hybridized carbons (Fsp3) is 0.400. The summed E-state index contributed by atoms with van der Waals surface area (Å²) in [5, 5.41) is 10.3. The van der Waals surface area contributed by atoms with Gasteiger partial charge in [-0.3, -0.25) is 4.79 Å². The molecule has 0 bridgehead atoms. The largest absolute Gasteiger partial charge is 1.00 e. The third-order valence-electron chi connectivity index (χ3n) is 0.703. The van der Waals surface area contributed by atoms with Gasteiger partial charge in [0.1, 0.15) is 0 Å². The monoisotopic (exact) mass is 148 g/mol. The minimum absolute atomic E-state index is 0. The van der Waals surface area contributed by atoms with E-state index >= 15 is 0 Å². The van der Waals surface area contributed by atoms with Crippen LogP contribution in [0.5, 0.6) is 0 Å². The summed E-state index contributed by atoms with van der Waals surface area (Å²) in [6, 6.07) is 1.64. The van der Waals surface area contributed by atoms with Gasteiger partial charge in [-0.15, -0.1) is 0 Å². The Morgan fingerprint density at radius 3 is 2.70 bits per heavy atom. The minimum Gasteiger partial charge on any atom is -0.540 e. The topological polar surface area (TPSA) is 70.0 Å². The Balaban J connectivity index is 0. The van der Waals surface area contributed by atoms with Crippen molar-refractivity contribution in [1.29, 1.82) is 5.26 Å². The van der Waals surface area contributed by atoms with Gasteiger partial charge < -0.3 is 10.1 Å². The normalized spacial score (nSPS) is 9.90. The summed E-state index contributed by atoms with van der Waals surface area (Å²) in [6.07, 6.45) is 1.89. The molecule has 4 nitrogen and oxygen atoms in total. The average molecular weight is 148 g/mol. The molecule has 0 saturated heterocycles. The van der Waals surface area contributed by atoms with Gasteiger partial charge in [-0.1, -0.05) is 0 Å². The van der Waals surface area contributed by atoms with Crippen LogP contribution in [-0.2, 0) is 9.59 Å². The van der Waals surface area contributed by atoms with Crippen LogP contribution in [0.2, 0.25) is 0 Å². The second kappa shape index (κ2) is 8.63. The van der Waals surface area contributed by atoms with Crippen LogP contribution in [0.1, 0.15) is 0 Å². The van der Waals surface area contributed by atoms with E-state index in [2.05, 4.69) is 5.32 Å². The first kappa shape index (κ1) is 12.3. The molecule has 10 heavy (non-hydrogen) atoms. The SMILES string of the molecule is N#CC([C-]=O)CNC=O.[Na+]. The molecule has 0 aliphatic heterocycles. The molecule has 48 valence electrons. The second-order valence-electron chi connectivity index (χ2n) is 1.33. The van der Waals surface area contributed by atoms with Crippen LogP contribution in [-0.4, -0.2) is 19.2 Å². The Kier molecular flexibility index (Phi) is 10.6. The molecule has 1 unspecified atom stereocenters.